The molecular weight excluding hydrogens is 268 g/mol. The molecule has 0 aliphatic rings. The minimum atomic E-state index is -0.783. The standard InChI is InChI=1S/C16H18N2OS/c1-12(20(2)19)9-10-18-16-8-7-13(11-17)14-5-3-4-6-15(14)16/h3-8,12,18H,9-10H2,1-2H3. The van der Waals surface area contributed by atoms with Crippen LogP contribution in [0.4, 0.5) is 5.69 Å². The van der Waals surface area contributed by atoms with Gasteiger partial charge < -0.3 is 5.32 Å². The highest BCUT2D eigenvalue weighted by Gasteiger charge is 2.07. The molecule has 0 aromatic heterocycles. The largest absolute Gasteiger partial charge is 0.385 e. The van der Waals surface area contributed by atoms with E-state index < -0.39 is 10.8 Å². The average molecular weight is 286 g/mol. The number of rotatable bonds is 5. The maximum absolute atomic E-state index is 11.3. The van der Waals surface area contributed by atoms with Gasteiger partial charge in [-0.2, -0.15) is 5.26 Å². The quantitative estimate of drug-likeness (QED) is 0.917. The highest BCUT2D eigenvalue weighted by molar-refractivity contribution is 7.84. The monoisotopic (exact) mass is 286 g/mol. The molecule has 20 heavy (non-hydrogen) atoms. The molecule has 2 atom stereocenters. The van der Waals surface area contributed by atoms with Crippen LogP contribution in [-0.4, -0.2) is 22.3 Å². The van der Waals surface area contributed by atoms with Crippen LogP contribution >= 0.6 is 0 Å². The van der Waals surface area contributed by atoms with Crippen molar-refractivity contribution in [3.63, 3.8) is 0 Å². The van der Waals surface area contributed by atoms with Crippen molar-refractivity contribution in [3.8, 4) is 6.07 Å². The van der Waals surface area contributed by atoms with E-state index in [1.165, 1.54) is 0 Å². The summed E-state index contributed by atoms with van der Waals surface area (Å²) in [5, 5.41) is 14.7. The molecule has 2 unspecified atom stereocenters. The summed E-state index contributed by atoms with van der Waals surface area (Å²) in [5.41, 5.74) is 1.71. The number of fused-ring (bicyclic) bond motifs is 1. The van der Waals surface area contributed by atoms with Gasteiger partial charge in [-0.25, -0.2) is 0 Å². The molecule has 0 aliphatic carbocycles. The molecule has 4 heteroatoms. The summed E-state index contributed by atoms with van der Waals surface area (Å²) in [6.45, 7) is 2.77. The van der Waals surface area contributed by atoms with E-state index in [9.17, 15) is 4.21 Å². The number of nitrogens with one attached hydrogen (secondary N) is 1. The normalized spacial score (nSPS) is 13.7. The van der Waals surface area contributed by atoms with Crippen LogP contribution in [-0.2, 0) is 10.8 Å². The van der Waals surface area contributed by atoms with Gasteiger partial charge in [-0.05, 0) is 18.6 Å². The fourth-order valence-corrected chi connectivity index (χ4v) is 2.58. The lowest BCUT2D eigenvalue weighted by molar-refractivity contribution is 0.672. The Bertz CT molecular complexity index is 676. The third kappa shape index (κ3) is 3.17. The SMILES string of the molecule is CC(CCNc1ccc(C#N)c2ccccc12)S(C)=O. The molecule has 1 N–H and O–H groups in total. The third-order valence-electron chi connectivity index (χ3n) is 3.48. The fourth-order valence-electron chi connectivity index (χ4n) is 2.13. The van der Waals surface area contributed by atoms with Crippen molar-refractivity contribution in [2.45, 2.75) is 18.6 Å². The van der Waals surface area contributed by atoms with Crippen molar-refractivity contribution in [2.75, 3.05) is 18.1 Å². The van der Waals surface area contributed by atoms with Gasteiger partial charge in [-0.3, -0.25) is 4.21 Å². The second-order valence-corrected chi connectivity index (χ2v) is 6.64. The highest BCUT2D eigenvalue weighted by atomic mass is 32.2. The summed E-state index contributed by atoms with van der Waals surface area (Å²) >= 11 is 0. The molecule has 0 heterocycles. The minimum absolute atomic E-state index is 0.187. The van der Waals surface area contributed by atoms with Crippen LogP contribution in [0.25, 0.3) is 10.8 Å². The Labute approximate surface area is 122 Å². The first-order valence-corrected chi connectivity index (χ1v) is 8.23. The topological polar surface area (TPSA) is 52.9 Å². The lowest BCUT2D eigenvalue weighted by Gasteiger charge is -2.13. The number of hydrogen-bond acceptors (Lipinski definition) is 3. The summed E-state index contributed by atoms with van der Waals surface area (Å²) in [4.78, 5) is 0. The van der Waals surface area contributed by atoms with Gasteiger partial charge >= 0.3 is 0 Å². The predicted octanol–water partition coefficient (Wildman–Crippen LogP) is 3.28. The zero-order valence-electron chi connectivity index (χ0n) is 11.7. The van der Waals surface area contributed by atoms with E-state index in [-0.39, 0.29) is 5.25 Å². The first kappa shape index (κ1) is 14.5. The number of anilines is 1. The molecule has 104 valence electrons. The first-order chi connectivity index (χ1) is 9.63. The Kier molecular flexibility index (Phi) is 4.75. The van der Waals surface area contributed by atoms with E-state index >= 15 is 0 Å². The Balaban J connectivity index is 2.19. The van der Waals surface area contributed by atoms with Gasteiger partial charge in [-0.1, -0.05) is 31.2 Å². The van der Waals surface area contributed by atoms with Crippen LogP contribution in [0.5, 0.6) is 0 Å². The first-order valence-electron chi connectivity index (χ1n) is 6.61. The second-order valence-electron chi connectivity index (χ2n) is 4.84. The van der Waals surface area contributed by atoms with E-state index in [0.717, 1.165) is 29.4 Å². The zero-order chi connectivity index (χ0) is 14.5. The zero-order valence-corrected chi connectivity index (χ0v) is 12.5. The maximum Gasteiger partial charge on any atom is 0.0998 e. The van der Waals surface area contributed by atoms with Crippen LogP contribution < -0.4 is 5.32 Å². The molecule has 0 bridgehead atoms. The maximum atomic E-state index is 11.3. The Hall–Kier alpha value is -1.86. The molecule has 2 aromatic carbocycles. The molecule has 2 aromatic rings. The summed E-state index contributed by atoms with van der Waals surface area (Å²) < 4.78 is 11.3. The summed E-state index contributed by atoms with van der Waals surface area (Å²) in [5.74, 6) is 0. The van der Waals surface area contributed by atoms with Crippen molar-refractivity contribution in [1.82, 2.24) is 0 Å². The van der Waals surface area contributed by atoms with Gasteiger partial charge in [0.25, 0.3) is 0 Å². The molecular formula is C16H18N2OS. The number of nitriles is 1. The van der Waals surface area contributed by atoms with Crippen molar-refractivity contribution >= 4 is 27.3 Å². The molecule has 0 fully saturated rings. The Morgan fingerprint density at radius 2 is 1.95 bits per heavy atom. The van der Waals surface area contributed by atoms with Crippen molar-refractivity contribution in [1.29, 1.82) is 5.26 Å². The molecule has 0 saturated heterocycles. The van der Waals surface area contributed by atoms with Gasteiger partial charge in [0.2, 0.25) is 0 Å². The molecule has 3 nitrogen and oxygen atoms in total. The second kappa shape index (κ2) is 6.53. The van der Waals surface area contributed by atoms with Crippen LogP contribution in [0.15, 0.2) is 36.4 Å². The van der Waals surface area contributed by atoms with Gasteiger partial charge in [-0.15, -0.1) is 0 Å². The molecule has 0 amide bonds. The van der Waals surface area contributed by atoms with Crippen molar-refractivity contribution in [3.05, 3.63) is 42.0 Å². The van der Waals surface area contributed by atoms with Gasteiger partial charge in [0.15, 0.2) is 0 Å². The van der Waals surface area contributed by atoms with Crippen molar-refractivity contribution < 1.29 is 4.21 Å². The summed E-state index contributed by atoms with van der Waals surface area (Å²) in [6, 6.07) is 13.9. The Morgan fingerprint density at radius 3 is 2.60 bits per heavy atom. The van der Waals surface area contributed by atoms with Crippen molar-refractivity contribution in [2.24, 2.45) is 0 Å². The molecule has 0 spiro atoms. The average Bonchev–Trinajstić information content (AvgIpc) is 2.47. The molecule has 0 aliphatic heterocycles. The van der Waals surface area contributed by atoms with E-state index in [0.29, 0.717) is 5.56 Å². The number of benzene rings is 2. The van der Waals surface area contributed by atoms with E-state index in [1.54, 1.807) is 6.26 Å². The fraction of sp³-hybridized carbons (Fsp3) is 0.312. The van der Waals surface area contributed by atoms with Gasteiger partial charge in [0, 0.05) is 45.3 Å². The van der Waals surface area contributed by atoms with Gasteiger partial charge in [0.05, 0.1) is 11.6 Å². The molecule has 0 radical (unpaired) electrons. The Morgan fingerprint density at radius 1 is 1.25 bits per heavy atom. The van der Waals surface area contributed by atoms with Crippen LogP contribution in [0.3, 0.4) is 0 Å². The minimum Gasteiger partial charge on any atom is -0.385 e. The lowest BCUT2D eigenvalue weighted by Crippen LogP contribution is -2.14. The van der Waals surface area contributed by atoms with Crippen LogP contribution in [0.1, 0.15) is 18.9 Å². The number of nitrogens with zero attached hydrogens (tertiary/aromatic N) is 1. The van der Waals surface area contributed by atoms with E-state index in [2.05, 4.69) is 11.4 Å². The van der Waals surface area contributed by atoms with E-state index in [4.69, 9.17) is 5.26 Å². The molecule has 0 saturated carbocycles. The lowest BCUT2D eigenvalue weighted by atomic mass is 10.0. The molecule has 2 rings (SSSR count). The number of hydrogen-bond donors (Lipinski definition) is 1. The summed E-state index contributed by atoms with van der Waals surface area (Å²) in [6.07, 6.45) is 2.60. The summed E-state index contributed by atoms with van der Waals surface area (Å²) in [7, 11) is -0.783. The van der Waals surface area contributed by atoms with Crippen LogP contribution in [0, 0.1) is 11.3 Å². The van der Waals surface area contributed by atoms with E-state index in [1.807, 2.05) is 43.3 Å². The van der Waals surface area contributed by atoms with Crippen LogP contribution in [0.2, 0.25) is 0 Å². The third-order valence-corrected chi connectivity index (χ3v) is 4.85. The highest BCUT2D eigenvalue weighted by Crippen LogP contribution is 2.26. The predicted molar refractivity (Wildman–Crippen MR) is 85.3 cm³/mol. The van der Waals surface area contributed by atoms with Gasteiger partial charge in [0.1, 0.15) is 0 Å². The smallest absolute Gasteiger partial charge is 0.0998 e.